The molecule has 0 saturated heterocycles. The molecule has 0 bridgehead atoms. The van der Waals surface area contributed by atoms with Crippen LogP contribution in [0.3, 0.4) is 0 Å². The fraction of sp³-hybridized carbons (Fsp3) is 0.375. The number of aromatic nitrogens is 1. The molecular weight excluding hydrogens is 288 g/mol. The fourth-order valence-electron chi connectivity index (χ4n) is 2.72. The van der Waals surface area contributed by atoms with E-state index in [1.807, 2.05) is 19.1 Å². The zero-order valence-electron chi connectivity index (χ0n) is 11.8. The minimum absolute atomic E-state index is 0.0282. The van der Waals surface area contributed by atoms with Gasteiger partial charge in [-0.15, -0.1) is 0 Å². The molecule has 0 radical (unpaired) electrons. The number of halogens is 1. The van der Waals surface area contributed by atoms with E-state index in [2.05, 4.69) is 10.3 Å². The summed E-state index contributed by atoms with van der Waals surface area (Å²) >= 11 is 6.17. The average Bonchev–Trinajstić information content (AvgIpc) is 2.42. The molecule has 0 atom stereocenters. The maximum Gasteiger partial charge on any atom is 0.253 e. The third-order valence-electron chi connectivity index (χ3n) is 4.23. The SMILES string of the molecule is Cc1nc2cccc(Cl)c2cc1C(=O)NC1(CO)CCC1. The summed E-state index contributed by atoms with van der Waals surface area (Å²) in [5, 5.41) is 13.8. The van der Waals surface area contributed by atoms with Crippen molar-refractivity contribution in [1.29, 1.82) is 0 Å². The molecule has 1 fully saturated rings. The van der Waals surface area contributed by atoms with Crippen molar-refractivity contribution in [3.8, 4) is 0 Å². The third-order valence-corrected chi connectivity index (χ3v) is 4.56. The number of rotatable bonds is 3. The van der Waals surface area contributed by atoms with Crippen molar-refractivity contribution in [2.24, 2.45) is 0 Å². The fourth-order valence-corrected chi connectivity index (χ4v) is 2.94. The lowest BCUT2D eigenvalue weighted by Crippen LogP contribution is -2.56. The molecule has 1 aliphatic rings. The topological polar surface area (TPSA) is 62.2 Å². The van der Waals surface area contributed by atoms with Gasteiger partial charge in [-0.2, -0.15) is 0 Å². The van der Waals surface area contributed by atoms with Crippen molar-refractivity contribution in [2.75, 3.05) is 6.61 Å². The molecule has 1 amide bonds. The van der Waals surface area contributed by atoms with Crippen LogP contribution in [0.4, 0.5) is 0 Å². The zero-order chi connectivity index (χ0) is 15.0. The standard InChI is InChI=1S/C16H17ClN2O2/c1-10-11(15(21)19-16(9-20)6-3-7-16)8-12-13(17)4-2-5-14(12)18-10/h2,4-5,8,20H,3,6-7,9H2,1H3,(H,19,21). The van der Waals surface area contributed by atoms with Crippen molar-refractivity contribution in [3.05, 3.63) is 40.5 Å². The van der Waals surface area contributed by atoms with E-state index in [-0.39, 0.29) is 12.5 Å². The predicted molar refractivity (Wildman–Crippen MR) is 82.6 cm³/mol. The summed E-state index contributed by atoms with van der Waals surface area (Å²) in [5.41, 5.74) is 1.49. The number of benzene rings is 1. The Bertz CT molecular complexity index is 705. The number of nitrogens with zero attached hydrogens (tertiary/aromatic N) is 1. The summed E-state index contributed by atoms with van der Waals surface area (Å²) in [7, 11) is 0. The minimum atomic E-state index is -0.459. The second-order valence-electron chi connectivity index (χ2n) is 5.67. The quantitative estimate of drug-likeness (QED) is 0.916. The zero-order valence-corrected chi connectivity index (χ0v) is 12.6. The first-order valence-electron chi connectivity index (χ1n) is 7.04. The molecule has 1 aromatic carbocycles. The van der Waals surface area contributed by atoms with E-state index in [0.717, 1.165) is 30.2 Å². The number of aryl methyl sites for hydroxylation is 1. The third kappa shape index (κ3) is 2.49. The van der Waals surface area contributed by atoms with E-state index in [0.29, 0.717) is 16.3 Å². The lowest BCUT2D eigenvalue weighted by atomic mass is 9.77. The molecule has 1 aliphatic carbocycles. The molecular formula is C16H17ClN2O2. The number of aliphatic hydroxyl groups excluding tert-OH is 1. The Labute approximate surface area is 128 Å². The first-order valence-corrected chi connectivity index (χ1v) is 7.42. The number of hydrogen-bond donors (Lipinski definition) is 2. The molecule has 5 heteroatoms. The van der Waals surface area contributed by atoms with E-state index in [1.165, 1.54) is 0 Å². The molecule has 1 heterocycles. The van der Waals surface area contributed by atoms with Crippen LogP contribution in [0.1, 0.15) is 35.3 Å². The molecule has 3 rings (SSSR count). The minimum Gasteiger partial charge on any atom is -0.394 e. The molecule has 1 aromatic heterocycles. The van der Waals surface area contributed by atoms with Gasteiger partial charge < -0.3 is 10.4 Å². The van der Waals surface area contributed by atoms with Crippen LogP contribution in [0.5, 0.6) is 0 Å². The Morgan fingerprint density at radius 2 is 2.24 bits per heavy atom. The number of aliphatic hydroxyl groups is 1. The average molecular weight is 305 g/mol. The van der Waals surface area contributed by atoms with Gasteiger partial charge in [0, 0.05) is 10.4 Å². The van der Waals surface area contributed by atoms with Gasteiger partial charge in [0.05, 0.1) is 28.9 Å². The maximum absolute atomic E-state index is 12.5. The van der Waals surface area contributed by atoms with Gasteiger partial charge in [-0.1, -0.05) is 17.7 Å². The highest BCUT2D eigenvalue weighted by Crippen LogP contribution is 2.32. The number of carbonyl (C=O) groups is 1. The highest BCUT2D eigenvalue weighted by molar-refractivity contribution is 6.35. The summed E-state index contributed by atoms with van der Waals surface area (Å²) in [6.07, 6.45) is 2.66. The van der Waals surface area contributed by atoms with Crippen molar-refractivity contribution < 1.29 is 9.90 Å². The molecule has 4 nitrogen and oxygen atoms in total. The first-order chi connectivity index (χ1) is 10.0. The summed E-state index contributed by atoms with van der Waals surface area (Å²) in [6, 6.07) is 7.27. The monoisotopic (exact) mass is 304 g/mol. The Morgan fingerprint density at radius 3 is 2.86 bits per heavy atom. The van der Waals surface area contributed by atoms with Gasteiger partial charge in [0.25, 0.3) is 5.91 Å². The van der Waals surface area contributed by atoms with E-state index in [4.69, 9.17) is 11.6 Å². The summed E-state index contributed by atoms with van der Waals surface area (Å²) in [6.45, 7) is 1.78. The van der Waals surface area contributed by atoms with Gasteiger partial charge >= 0.3 is 0 Å². The van der Waals surface area contributed by atoms with Crippen LogP contribution in [0.15, 0.2) is 24.3 Å². The van der Waals surface area contributed by atoms with E-state index < -0.39 is 5.54 Å². The second kappa shape index (κ2) is 5.28. The largest absolute Gasteiger partial charge is 0.394 e. The molecule has 2 aromatic rings. The van der Waals surface area contributed by atoms with Crippen LogP contribution in [0, 0.1) is 6.92 Å². The van der Waals surface area contributed by atoms with E-state index in [9.17, 15) is 9.90 Å². The predicted octanol–water partition coefficient (Wildman–Crippen LogP) is 2.84. The van der Waals surface area contributed by atoms with Gasteiger partial charge in [0.15, 0.2) is 0 Å². The molecule has 21 heavy (non-hydrogen) atoms. The highest BCUT2D eigenvalue weighted by Gasteiger charge is 2.38. The number of amides is 1. The van der Waals surface area contributed by atoms with Crippen LogP contribution in [0.2, 0.25) is 5.02 Å². The Balaban J connectivity index is 1.98. The first kappa shape index (κ1) is 14.3. The molecule has 0 spiro atoms. The van der Waals surface area contributed by atoms with Gasteiger partial charge in [-0.05, 0) is 44.4 Å². The summed E-state index contributed by atoms with van der Waals surface area (Å²) in [5.74, 6) is -0.199. The summed E-state index contributed by atoms with van der Waals surface area (Å²) in [4.78, 5) is 16.9. The van der Waals surface area contributed by atoms with E-state index in [1.54, 1.807) is 12.1 Å². The van der Waals surface area contributed by atoms with Gasteiger partial charge in [-0.25, -0.2) is 0 Å². The molecule has 110 valence electrons. The van der Waals surface area contributed by atoms with Crippen molar-refractivity contribution in [3.63, 3.8) is 0 Å². The van der Waals surface area contributed by atoms with Crippen molar-refractivity contribution in [1.82, 2.24) is 10.3 Å². The Hall–Kier alpha value is -1.65. The number of pyridine rings is 1. The molecule has 1 saturated carbocycles. The second-order valence-corrected chi connectivity index (χ2v) is 6.08. The van der Waals surface area contributed by atoms with Crippen LogP contribution in [-0.4, -0.2) is 28.1 Å². The van der Waals surface area contributed by atoms with Crippen LogP contribution < -0.4 is 5.32 Å². The van der Waals surface area contributed by atoms with Crippen LogP contribution >= 0.6 is 11.6 Å². The Morgan fingerprint density at radius 1 is 1.48 bits per heavy atom. The Kier molecular flexibility index (Phi) is 3.59. The van der Waals surface area contributed by atoms with Gasteiger partial charge in [0.1, 0.15) is 0 Å². The highest BCUT2D eigenvalue weighted by atomic mass is 35.5. The van der Waals surface area contributed by atoms with Crippen molar-refractivity contribution >= 4 is 28.4 Å². The van der Waals surface area contributed by atoms with Crippen molar-refractivity contribution in [2.45, 2.75) is 31.7 Å². The van der Waals surface area contributed by atoms with Crippen LogP contribution in [-0.2, 0) is 0 Å². The lowest BCUT2D eigenvalue weighted by molar-refractivity contribution is 0.0641. The number of hydrogen-bond acceptors (Lipinski definition) is 3. The van der Waals surface area contributed by atoms with Gasteiger partial charge in [-0.3, -0.25) is 9.78 Å². The molecule has 0 unspecified atom stereocenters. The number of fused-ring (bicyclic) bond motifs is 1. The molecule has 0 aliphatic heterocycles. The maximum atomic E-state index is 12.5. The van der Waals surface area contributed by atoms with Gasteiger partial charge in [0.2, 0.25) is 0 Å². The molecule has 2 N–H and O–H groups in total. The van der Waals surface area contributed by atoms with E-state index >= 15 is 0 Å². The summed E-state index contributed by atoms with van der Waals surface area (Å²) < 4.78 is 0. The number of nitrogens with one attached hydrogen (secondary N) is 1. The van der Waals surface area contributed by atoms with Crippen LogP contribution in [0.25, 0.3) is 10.9 Å². The number of carbonyl (C=O) groups excluding carboxylic acids is 1. The smallest absolute Gasteiger partial charge is 0.253 e. The lowest BCUT2D eigenvalue weighted by Gasteiger charge is -2.41. The normalized spacial score (nSPS) is 16.5.